The van der Waals surface area contributed by atoms with E-state index in [4.69, 9.17) is 5.73 Å². The topological polar surface area (TPSA) is 53.0 Å². The van der Waals surface area contributed by atoms with Gasteiger partial charge in [0.25, 0.3) is 0 Å². The first kappa shape index (κ1) is 13.8. The Kier molecular flexibility index (Phi) is 4.29. The van der Waals surface area contributed by atoms with E-state index in [2.05, 4.69) is 24.8 Å². The highest BCUT2D eigenvalue weighted by molar-refractivity contribution is 5.12. The fourth-order valence-corrected chi connectivity index (χ4v) is 3.87. The summed E-state index contributed by atoms with van der Waals surface area (Å²) in [6, 6.07) is 3.76. The molecule has 1 aliphatic heterocycles. The summed E-state index contributed by atoms with van der Waals surface area (Å²) < 4.78 is 0. The Morgan fingerprint density at radius 3 is 2.50 bits per heavy atom. The molecule has 2 rings (SSSR count). The number of likely N-dealkylation sites (tertiary alicyclic amines) is 1. The molecule has 2 aliphatic rings. The quantitative estimate of drug-likeness (QED) is 0.836. The number of piperidine rings is 1. The fraction of sp³-hybridized carbons (Fsp3) is 0.933. The van der Waals surface area contributed by atoms with Crippen molar-refractivity contribution in [2.75, 3.05) is 6.54 Å². The summed E-state index contributed by atoms with van der Waals surface area (Å²) in [7, 11) is 0. The van der Waals surface area contributed by atoms with Crippen molar-refractivity contribution >= 4 is 0 Å². The molecule has 1 aliphatic carbocycles. The molecule has 102 valence electrons. The average Bonchev–Trinajstić information content (AvgIpc) is 2.71. The second-order valence-corrected chi connectivity index (χ2v) is 6.40. The second kappa shape index (κ2) is 5.59. The van der Waals surface area contributed by atoms with E-state index >= 15 is 0 Å². The molecule has 4 atom stereocenters. The maximum absolute atomic E-state index is 9.25. The standard InChI is InChI=1S/C15H27N3/c1-12-5-3-6-13(2)18(12)10-8-14-7-4-9-15(14,17)11-16/h12-14H,3-10,17H2,1-2H3. The summed E-state index contributed by atoms with van der Waals surface area (Å²) in [6.07, 6.45) is 8.25. The normalized spacial score (nSPS) is 41.8. The van der Waals surface area contributed by atoms with Gasteiger partial charge in [0.2, 0.25) is 0 Å². The van der Waals surface area contributed by atoms with E-state index < -0.39 is 5.54 Å². The van der Waals surface area contributed by atoms with Gasteiger partial charge < -0.3 is 5.73 Å². The highest BCUT2D eigenvalue weighted by Crippen LogP contribution is 2.36. The van der Waals surface area contributed by atoms with Gasteiger partial charge in [-0.25, -0.2) is 0 Å². The van der Waals surface area contributed by atoms with Crippen molar-refractivity contribution < 1.29 is 0 Å². The minimum absolute atomic E-state index is 0.406. The molecule has 4 unspecified atom stereocenters. The lowest BCUT2D eigenvalue weighted by atomic mass is 9.86. The van der Waals surface area contributed by atoms with Gasteiger partial charge in [0.15, 0.2) is 0 Å². The van der Waals surface area contributed by atoms with Crippen LogP contribution in [0.3, 0.4) is 0 Å². The molecule has 0 spiro atoms. The van der Waals surface area contributed by atoms with Crippen molar-refractivity contribution in [2.24, 2.45) is 11.7 Å². The summed E-state index contributed by atoms with van der Waals surface area (Å²) in [5.74, 6) is 0.406. The average molecular weight is 249 g/mol. The Hall–Kier alpha value is -0.590. The summed E-state index contributed by atoms with van der Waals surface area (Å²) in [5.41, 5.74) is 5.67. The Bertz CT molecular complexity index is 312. The first-order valence-electron chi connectivity index (χ1n) is 7.52. The van der Waals surface area contributed by atoms with Crippen LogP contribution < -0.4 is 5.73 Å². The lowest BCUT2D eigenvalue weighted by molar-refractivity contribution is 0.0933. The molecule has 0 radical (unpaired) electrons. The van der Waals surface area contributed by atoms with Crippen LogP contribution in [0.2, 0.25) is 0 Å². The molecule has 0 aromatic rings. The van der Waals surface area contributed by atoms with Crippen molar-refractivity contribution in [2.45, 2.75) is 76.4 Å². The van der Waals surface area contributed by atoms with Gasteiger partial charge in [-0.15, -0.1) is 0 Å². The molecule has 0 bridgehead atoms. The van der Waals surface area contributed by atoms with Gasteiger partial charge in [-0.05, 0) is 58.4 Å². The smallest absolute Gasteiger partial charge is 0.107 e. The van der Waals surface area contributed by atoms with Crippen LogP contribution in [0, 0.1) is 17.2 Å². The van der Waals surface area contributed by atoms with Crippen molar-refractivity contribution in [3.63, 3.8) is 0 Å². The number of rotatable bonds is 3. The molecule has 0 amide bonds. The number of hydrogen-bond donors (Lipinski definition) is 1. The number of nitrogens with zero attached hydrogens (tertiary/aromatic N) is 2. The highest BCUT2D eigenvalue weighted by atomic mass is 15.2. The van der Waals surface area contributed by atoms with E-state index in [1.54, 1.807) is 0 Å². The molecule has 1 saturated heterocycles. The van der Waals surface area contributed by atoms with E-state index in [0.717, 1.165) is 32.2 Å². The molecule has 18 heavy (non-hydrogen) atoms. The molecular weight excluding hydrogens is 222 g/mol. The molecule has 0 aromatic heterocycles. The lowest BCUT2D eigenvalue weighted by Crippen LogP contribution is -2.47. The third-order valence-electron chi connectivity index (χ3n) is 5.19. The summed E-state index contributed by atoms with van der Waals surface area (Å²) in [4.78, 5) is 2.62. The van der Waals surface area contributed by atoms with Crippen LogP contribution in [0.4, 0.5) is 0 Å². The van der Waals surface area contributed by atoms with Crippen LogP contribution in [0.15, 0.2) is 0 Å². The fourth-order valence-electron chi connectivity index (χ4n) is 3.87. The van der Waals surface area contributed by atoms with Crippen molar-refractivity contribution in [3.8, 4) is 6.07 Å². The van der Waals surface area contributed by atoms with E-state index in [9.17, 15) is 5.26 Å². The third-order valence-corrected chi connectivity index (χ3v) is 5.19. The summed E-state index contributed by atoms with van der Waals surface area (Å²) >= 11 is 0. The minimum atomic E-state index is -0.539. The van der Waals surface area contributed by atoms with Crippen molar-refractivity contribution in [3.05, 3.63) is 0 Å². The van der Waals surface area contributed by atoms with E-state index in [1.165, 1.54) is 19.3 Å². The largest absolute Gasteiger partial charge is 0.313 e. The van der Waals surface area contributed by atoms with Crippen LogP contribution in [0.1, 0.15) is 58.8 Å². The lowest BCUT2D eigenvalue weighted by Gasteiger charge is -2.40. The Balaban J connectivity index is 1.89. The van der Waals surface area contributed by atoms with Crippen LogP contribution >= 0.6 is 0 Å². The first-order valence-corrected chi connectivity index (χ1v) is 7.52. The van der Waals surface area contributed by atoms with Gasteiger partial charge in [0, 0.05) is 12.1 Å². The predicted molar refractivity (Wildman–Crippen MR) is 74.0 cm³/mol. The van der Waals surface area contributed by atoms with Crippen LogP contribution in [0.5, 0.6) is 0 Å². The Labute approximate surface area is 111 Å². The monoisotopic (exact) mass is 249 g/mol. The van der Waals surface area contributed by atoms with Crippen molar-refractivity contribution in [1.29, 1.82) is 5.26 Å². The molecule has 1 saturated carbocycles. The van der Waals surface area contributed by atoms with E-state index in [-0.39, 0.29) is 0 Å². The maximum atomic E-state index is 9.25. The Morgan fingerprint density at radius 1 is 1.22 bits per heavy atom. The molecule has 0 aromatic carbocycles. The first-order chi connectivity index (χ1) is 8.57. The zero-order valence-electron chi connectivity index (χ0n) is 11.9. The van der Waals surface area contributed by atoms with E-state index in [0.29, 0.717) is 18.0 Å². The van der Waals surface area contributed by atoms with Crippen LogP contribution in [-0.2, 0) is 0 Å². The van der Waals surface area contributed by atoms with Crippen LogP contribution in [0.25, 0.3) is 0 Å². The third kappa shape index (κ3) is 2.70. The van der Waals surface area contributed by atoms with Gasteiger partial charge in [-0.3, -0.25) is 4.90 Å². The predicted octanol–water partition coefficient (Wildman–Crippen LogP) is 2.66. The van der Waals surface area contributed by atoms with Crippen molar-refractivity contribution in [1.82, 2.24) is 4.90 Å². The maximum Gasteiger partial charge on any atom is 0.107 e. The molecule has 2 N–H and O–H groups in total. The highest BCUT2D eigenvalue weighted by Gasteiger charge is 2.40. The molecule has 1 heterocycles. The number of nitrogens with two attached hydrogens (primary N) is 1. The van der Waals surface area contributed by atoms with Gasteiger partial charge in [-0.1, -0.05) is 12.8 Å². The van der Waals surface area contributed by atoms with Crippen LogP contribution in [-0.4, -0.2) is 29.1 Å². The summed E-state index contributed by atoms with van der Waals surface area (Å²) in [5, 5.41) is 9.25. The molecular formula is C15H27N3. The minimum Gasteiger partial charge on any atom is -0.313 e. The second-order valence-electron chi connectivity index (χ2n) is 6.40. The molecule has 3 nitrogen and oxygen atoms in total. The van der Waals surface area contributed by atoms with E-state index in [1.807, 2.05) is 0 Å². The number of nitriles is 1. The Morgan fingerprint density at radius 2 is 1.89 bits per heavy atom. The molecule has 2 fully saturated rings. The van der Waals surface area contributed by atoms with Gasteiger partial charge in [-0.2, -0.15) is 5.26 Å². The van der Waals surface area contributed by atoms with Gasteiger partial charge >= 0.3 is 0 Å². The van der Waals surface area contributed by atoms with Gasteiger partial charge in [0.1, 0.15) is 5.54 Å². The summed E-state index contributed by atoms with van der Waals surface area (Å²) in [6.45, 7) is 5.79. The number of hydrogen-bond acceptors (Lipinski definition) is 3. The zero-order valence-corrected chi connectivity index (χ0v) is 11.9. The SMILES string of the molecule is CC1CCCC(C)N1CCC1CCCC1(N)C#N. The molecule has 3 heteroatoms. The van der Waals surface area contributed by atoms with Gasteiger partial charge in [0.05, 0.1) is 6.07 Å². The zero-order chi connectivity index (χ0) is 13.2.